The summed E-state index contributed by atoms with van der Waals surface area (Å²) >= 11 is 0. The Morgan fingerprint density at radius 2 is 1.50 bits per heavy atom. The van der Waals surface area contributed by atoms with Crippen molar-refractivity contribution in [2.24, 2.45) is 0 Å². The zero-order valence-corrected chi connectivity index (χ0v) is 18.9. The molecule has 0 aliphatic rings. The van der Waals surface area contributed by atoms with Crippen LogP contribution < -0.4 is 10.1 Å². The second-order valence-corrected chi connectivity index (χ2v) is 9.60. The summed E-state index contributed by atoms with van der Waals surface area (Å²) in [6, 6.07) is 16.0. The fraction of sp³-hybridized carbons (Fsp3) is 0.360. The van der Waals surface area contributed by atoms with Crippen LogP contribution >= 0.6 is 0 Å². The minimum absolute atomic E-state index is 0.203. The van der Waals surface area contributed by atoms with Gasteiger partial charge >= 0.3 is 5.97 Å². The molecule has 0 radical (unpaired) electrons. The van der Waals surface area contributed by atoms with Crippen LogP contribution in [-0.2, 0) is 15.6 Å². The molecule has 30 heavy (non-hydrogen) atoms. The van der Waals surface area contributed by atoms with E-state index in [-0.39, 0.29) is 16.8 Å². The van der Waals surface area contributed by atoms with Gasteiger partial charge in [-0.05, 0) is 35.1 Å². The lowest BCUT2D eigenvalue weighted by Gasteiger charge is -2.30. The van der Waals surface area contributed by atoms with Crippen LogP contribution in [0.4, 0.5) is 11.5 Å². The third kappa shape index (κ3) is 4.90. The average Bonchev–Trinajstić information content (AvgIpc) is 3.09. The molecule has 5 heteroatoms. The van der Waals surface area contributed by atoms with Gasteiger partial charge in [0, 0.05) is 36.0 Å². The minimum atomic E-state index is -0.312. The number of esters is 1. The number of carbonyl (C=O) groups is 1. The molecule has 0 fully saturated rings. The van der Waals surface area contributed by atoms with Crippen molar-refractivity contribution in [2.75, 3.05) is 5.32 Å². The SMILES string of the molecule is CC(=O)Oc1c(C(C)(C)C)cc(Nc2ccn(-c3ccccc3)n2)cc1C(C)(C)C. The number of anilines is 2. The predicted molar refractivity (Wildman–Crippen MR) is 122 cm³/mol. The monoisotopic (exact) mass is 405 g/mol. The minimum Gasteiger partial charge on any atom is -0.426 e. The normalized spacial score (nSPS) is 12.0. The van der Waals surface area contributed by atoms with E-state index in [1.54, 1.807) is 0 Å². The van der Waals surface area contributed by atoms with Gasteiger partial charge < -0.3 is 10.1 Å². The maximum absolute atomic E-state index is 11.8. The Labute approximate surface area is 179 Å². The lowest BCUT2D eigenvalue weighted by Crippen LogP contribution is -2.21. The summed E-state index contributed by atoms with van der Waals surface area (Å²) in [5.74, 6) is 1.09. The molecule has 0 bridgehead atoms. The Kier molecular flexibility index (Phi) is 5.75. The largest absolute Gasteiger partial charge is 0.426 e. The number of carbonyl (C=O) groups excluding carboxylic acids is 1. The van der Waals surface area contributed by atoms with Crippen LogP contribution in [-0.4, -0.2) is 15.7 Å². The number of aromatic nitrogens is 2. The first-order chi connectivity index (χ1) is 13.9. The highest BCUT2D eigenvalue weighted by Crippen LogP contribution is 2.42. The molecule has 0 aliphatic carbocycles. The zero-order chi connectivity index (χ0) is 22.1. The van der Waals surface area contributed by atoms with Crippen molar-refractivity contribution in [2.45, 2.75) is 59.3 Å². The number of para-hydroxylation sites is 1. The number of nitrogens with one attached hydrogen (secondary N) is 1. The van der Waals surface area contributed by atoms with E-state index in [0.717, 1.165) is 28.3 Å². The van der Waals surface area contributed by atoms with Crippen molar-refractivity contribution in [1.82, 2.24) is 9.78 Å². The summed E-state index contributed by atoms with van der Waals surface area (Å²) in [7, 11) is 0. The first kappa shape index (κ1) is 21.6. The Balaban J connectivity index is 2.05. The molecule has 158 valence electrons. The maximum Gasteiger partial charge on any atom is 0.308 e. The van der Waals surface area contributed by atoms with Crippen LogP contribution in [0.1, 0.15) is 59.6 Å². The molecule has 0 aliphatic heterocycles. The van der Waals surface area contributed by atoms with Gasteiger partial charge in [-0.3, -0.25) is 4.79 Å². The lowest BCUT2D eigenvalue weighted by molar-refractivity contribution is -0.132. The van der Waals surface area contributed by atoms with Crippen molar-refractivity contribution in [3.63, 3.8) is 0 Å². The summed E-state index contributed by atoms with van der Waals surface area (Å²) in [6.45, 7) is 14.2. The third-order valence-corrected chi connectivity index (χ3v) is 4.83. The fourth-order valence-electron chi connectivity index (χ4n) is 3.33. The maximum atomic E-state index is 11.8. The van der Waals surface area contributed by atoms with E-state index in [1.165, 1.54) is 6.92 Å². The summed E-state index contributed by atoms with van der Waals surface area (Å²) in [6.07, 6.45) is 1.93. The van der Waals surface area contributed by atoms with Crippen molar-refractivity contribution in [3.05, 3.63) is 65.9 Å². The van der Waals surface area contributed by atoms with E-state index < -0.39 is 0 Å². The summed E-state index contributed by atoms with van der Waals surface area (Å²) in [5, 5.41) is 8.08. The molecule has 1 heterocycles. The van der Waals surface area contributed by atoms with Gasteiger partial charge in [0.05, 0.1) is 5.69 Å². The first-order valence-electron chi connectivity index (χ1n) is 10.2. The lowest BCUT2D eigenvalue weighted by atomic mass is 9.79. The van der Waals surface area contributed by atoms with Crippen LogP contribution in [0.15, 0.2) is 54.7 Å². The van der Waals surface area contributed by atoms with Crippen molar-refractivity contribution in [1.29, 1.82) is 0 Å². The first-order valence-corrected chi connectivity index (χ1v) is 10.2. The van der Waals surface area contributed by atoms with Gasteiger partial charge in [-0.15, -0.1) is 0 Å². The smallest absolute Gasteiger partial charge is 0.308 e. The number of benzene rings is 2. The van der Waals surface area contributed by atoms with E-state index in [1.807, 2.05) is 47.3 Å². The topological polar surface area (TPSA) is 56.1 Å². The highest BCUT2D eigenvalue weighted by molar-refractivity contribution is 5.73. The molecule has 3 rings (SSSR count). The molecule has 0 amide bonds. The third-order valence-electron chi connectivity index (χ3n) is 4.83. The van der Waals surface area contributed by atoms with Gasteiger partial charge in [-0.2, -0.15) is 5.10 Å². The Hall–Kier alpha value is -3.08. The molecule has 0 spiro atoms. The van der Waals surface area contributed by atoms with Crippen LogP contribution in [0.3, 0.4) is 0 Å². The number of nitrogens with zero attached hydrogens (tertiary/aromatic N) is 2. The molecule has 1 aromatic heterocycles. The van der Waals surface area contributed by atoms with E-state index >= 15 is 0 Å². The average molecular weight is 406 g/mol. The molecule has 5 nitrogen and oxygen atoms in total. The van der Waals surface area contributed by atoms with Crippen LogP contribution in [0.25, 0.3) is 5.69 Å². The fourth-order valence-corrected chi connectivity index (χ4v) is 3.33. The Morgan fingerprint density at radius 1 is 0.933 bits per heavy atom. The number of rotatable bonds is 4. The van der Waals surface area contributed by atoms with Crippen LogP contribution in [0, 0.1) is 0 Å². The second-order valence-electron chi connectivity index (χ2n) is 9.60. The van der Waals surface area contributed by atoms with Crippen molar-refractivity contribution >= 4 is 17.5 Å². The predicted octanol–water partition coefficient (Wildman–Crippen LogP) is 6.14. The Morgan fingerprint density at radius 3 is 2.00 bits per heavy atom. The van der Waals surface area contributed by atoms with Crippen LogP contribution in [0.5, 0.6) is 5.75 Å². The number of hydrogen-bond donors (Lipinski definition) is 1. The molecule has 0 unspecified atom stereocenters. The molecule has 0 saturated heterocycles. The van der Waals surface area contributed by atoms with Crippen LogP contribution in [0.2, 0.25) is 0 Å². The van der Waals surface area contributed by atoms with Crippen molar-refractivity contribution < 1.29 is 9.53 Å². The number of hydrogen-bond acceptors (Lipinski definition) is 4. The summed E-state index contributed by atoms with van der Waals surface area (Å²) in [5.41, 5.74) is 3.48. The highest BCUT2D eigenvalue weighted by atomic mass is 16.5. The highest BCUT2D eigenvalue weighted by Gasteiger charge is 2.29. The Bertz CT molecular complexity index is 1000. The molecule has 1 N–H and O–H groups in total. The van der Waals surface area contributed by atoms with E-state index in [0.29, 0.717) is 5.75 Å². The molecular formula is C25H31N3O2. The second kappa shape index (κ2) is 7.98. The van der Waals surface area contributed by atoms with Crippen molar-refractivity contribution in [3.8, 4) is 11.4 Å². The zero-order valence-electron chi connectivity index (χ0n) is 18.9. The molecule has 0 saturated carbocycles. The number of ether oxygens (including phenoxy) is 1. The molecular weight excluding hydrogens is 374 g/mol. The van der Waals surface area contributed by atoms with Gasteiger partial charge in [0.2, 0.25) is 0 Å². The van der Waals surface area contributed by atoms with E-state index in [9.17, 15) is 4.79 Å². The quantitative estimate of drug-likeness (QED) is 0.419. The van der Waals surface area contributed by atoms with E-state index in [2.05, 4.69) is 64.1 Å². The standard InChI is InChI=1S/C25H31N3O2/c1-17(29)30-23-20(24(2,3)4)15-18(16-21(23)25(5,6)7)26-22-13-14-28(27-22)19-11-9-8-10-12-19/h8-16H,1-7H3,(H,26,27). The van der Waals surface area contributed by atoms with Gasteiger partial charge in [0.25, 0.3) is 0 Å². The molecule has 0 atom stereocenters. The van der Waals surface area contributed by atoms with Gasteiger partial charge in [-0.25, -0.2) is 4.68 Å². The van der Waals surface area contributed by atoms with Gasteiger partial charge in [0.15, 0.2) is 5.82 Å². The molecule has 3 aromatic rings. The van der Waals surface area contributed by atoms with Gasteiger partial charge in [0.1, 0.15) is 5.75 Å². The molecule has 2 aromatic carbocycles. The van der Waals surface area contributed by atoms with E-state index in [4.69, 9.17) is 4.74 Å². The summed E-state index contributed by atoms with van der Waals surface area (Å²) < 4.78 is 7.55. The van der Waals surface area contributed by atoms with Gasteiger partial charge in [-0.1, -0.05) is 59.7 Å². The summed E-state index contributed by atoms with van der Waals surface area (Å²) in [4.78, 5) is 11.8.